The highest BCUT2D eigenvalue weighted by molar-refractivity contribution is 5.84. The fraction of sp³-hybridized carbons (Fsp3) is 0.222. The molecule has 0 saturated carbocycles. The third-order valence-electron chi connectivity index (χ3n) is 3.31. The van der Waals surface area contributed by atoms with E-state index in [9.17, 15) is 18.0 Å². The Hall–Kier alpha value is -3.21. The predicted octanol–water partition coefficient (Wildman–Crippen LogP) is 3.83. The molecule has 1 amide bonds. The van der Waals surface area contributed by atoms with E-state index >= 15 is 0 Å². The van der Waals surface area contributed by atoms with Crippen LogP contribution < -0.4 is 15.4 Å². The van der Waals surface area contributed by atoms with E-state index in [0.717, 1.165) is 0 Å². The van der Waals surface area contributed by atoms with E-state index in [1.54, 1.807) is 48.5 Å². The molecule has 0 heterocycles. The summed E-state index contributed by atoms with van der Waals surface area (Å²) in [6.07, 6.45) is -4.44. The van der Waals surface area contributed by atoms with E-state index in [4.69, 9.17) is 10.00 Å². The van der Waals surface area contributed by atoms with Crippen LogP contribution in [0.5, 0.6) is 11.5 Å². The van der Waals surface area contributed by atoms with E-state index in [0.29, 0.717) is 22.7 Å². The van der Waals surface area contributed by atoms with Crippen molar-refractivity contribution in [2.75, 3.05) is 11.9 Å². The van der Waals surface area contributed by atoms with Crippen LogP contribution in [0.3, 0.4) is 0 Å². The molecule has 2 aromatic rings. The number of hydrogen-bond donors (Lipinski definition) is 2. The summed E-state index contributed by atoms with van der Waals surface area (Å²) in [6.45, 7) is 0.0993. The Bertz CT molecular complexity index is 781. The second-order valence-corrected chi connectivity index (χ2v) is 5.46. The number of nitriles is 1. The van der Waals surface area contributed by atoms with Crippen molar-refractivity contribution in [2.24, 2.45) is 0 Å². The predicted molar refractivity (Wildman–Crippen MR) is 89.8 cm³/mol. The van der Waals surface area contributed by atoms with Crippen LogP contribution in [-0.4, -0.2) is 24.7 Å². The molecule has 0 saturated heterocycles. The molecule has 0 bridgehead atoms. The van der Waals surface area contributed by atoms with Gasteiger partial charge in [-0.15, -0.1) is 0 Å². The standard InChI is InChI=1S/C18H16F3N3O2/c1-12(17(25)23-11-18(19,20)21)24-14-4-8-16(9-5-14)26-15-6-2-13(10-22)3-7-15/h2-9,12,24H,11H2,1H3,(H,23,25). The van der Waals surface area contributed by atoms with Crippen molar-refractivity contribution in [1.29, 1.82) is 5.26 Å². The molecule has 5 nitrogen and oxygen atoms in total. The Kier molecular flexibility index (Phi) is 6.07. The maximum Gasteiger partial charge on any atom is 0.405 e. The van der Waals surface area contributed by atoms with Gasteiger partial charge in [0.25, 0.3) is 0 Å². The van der Waals surface area contributed by atoms with Gasteiger partial charge in [-0.05, 0) is 55.5 Å². The lowest BCUT2D eigenvalue weighted by Gasteiger charge is -2.16. The van der Waals surface area contributed by atoms with Crippen LogP contribution >= 0.6 is 0 Å². The number of nitrogens with one attached hydrogen (secondary N) is 2. The Morgan fingerprint density at radius 3 is 2.15 bits per heavy atom. The molecule has 2 aromatic carbocycles. The molecule has 26 heavy (non-hydrogen) atoms. The van der Waals surface area contributed by atoms with Crippen LogP contribution in [0.4, 0.5) is 18.9 Å². The number of halogens is 3. The molecular formula is C18H16F3N3O2. The first-order chi connectivity index (χ1) is 12.3. The SMILES string of the molecule is CC(Nc1ccc(Oc2ccc(C#N)cc2)cc1)C(=O)NCC(F)(F)F. The summed E-state index contributed by atoms with van der Waals surface area (Å²) in [6, 6.07) is 14.4. The second kappa shape index (κ2) is 8.25. The van der Waals surface area contributed by atoms with Gasteiger partial charge >= 0.3 is 6.18 Å². The van der Waals surface area contributed by atoms with Crippen molar-refractivity contribution in [1.82, 2.24) is 5.32 Å². The Morgan fingerprint density at radius 1 is 1.12 bits per heavy atom. The number of alkyl halides is 3. The zero-order chi connectivity index (χ0) is 19.2. The molecule has 0 aliphatic rings. The lowest BCUT2D eigenvalue weighted by molar-refractivity contribution is -0.138. The van der Waals surface area contributed by atoms with E-state index < -0.39 is 24.7 Å². The van der Waals surface area contributed by atoms with E-state index in [1.165, 1.54) is 6.92 Å². The van der Waals surface area contributed by atoms with Crippen molar-refractivity contribution >= 4 is 11.6 Å². The van der Waals surface area contributed by atoms with Crippen molar-refractivity contribution in [3.63, 3.8) is 0 Å². The van der Waals surface area contributed by atoms with Crippen molar-refractivity contribution in [2.45, 2.75) is 19.1 Å². The molecule has 1 atom stereocenters. The van der Waals surface area contributed by atoms with Crippen LogP contribution in [0.25, 0.3) is 0 Å². The molecule has 1 unspecified atom stereocenters. The molecule has 0 fully saturated rings. The third-order valence-corrected chi connectivity index (χ3v) is 3.31. The highest BCUT2D eigenvalue weighted by Gasteiger charge is 2.28. The first kappa shape index (κ1) is 19.1. The quantitative estimate of drug-likeness (QED) is 0.818. The normalized spacial score (nSPS) is 12.0. The molecule has 136 valence electrons. The van der Waals surface area contributed by atoms with Crippen LogP contribution in [0, 0.1) is 11.3 Å². The van der Waals surface area contributed by atoms with E-state index in [1.807, 2.05) is 11.4 Å². The molecule has 0 aliphatic heterocycles. The third kappa shape index (κ3) is 6.02. The smallest absolute Gasteiger partial charge is 0.405 e. The molecule has 0 radical (unpaired) electrons. The molecule has 0 spiro atoms. The molecule has 0 aliphatic carbocycles. The first-order valence-corrected chi connectivity index (χ1v) is 7.66. The fourth-order valence-corrected chi connectivity index (χ4v) is 2.01. The number of anilines is 1. The van der Waals surface area contributed by atoms with Gasteiger partial charge in [0, 0.05) is 5.69 Å². The lowest BCUT2D eigenvalue weighted by atomic mass is 10.2. The number of carbonyl (C=O) groups is 1. The number of ether oxygens (including phenoxy) is 1. The maximum atomic E-state index is 12.1. The number of nitrogens with zero attached hydrogens (tertiary/aromatic N) is 1. The second-order valence-electron chi connectivity index (χ2n) is 5.46. The number of rotatable bonds is 6. The van der Waals surface area contributed by atoms with Gasteiger partial charge in [-0.3, -0.25) is 4.79 Å². The summed E-state index contributed by atoms with van der Waals surface area (Å²) in [5, 5.41) is 13.4. The number of benzene rings is 2. The largest absolute Gasteiger partial charge is 0.457 e. The summed E-state index contributed by atoms with van der Waals surface area (Å²) in [4.78, 5) is 11.6. The first-order valence-electron chi connectivity index (χ1n) is 7.66. The number of carbonyl (C=O) groups excluding carboxylic acids is 1. The Balaban J connectivity index is 1.90. The van der Waals surface area contributed by atoms with Crippen molar-refractivity contribution in [3.8, 4) is 17.6 Å². The van der Waals surface area contributed by atoms with Crippen molar-refractivity contribution < 1.29 is 22.7 Å². The Morgan fingerprint density at radius 2 is 1.65 bits per heavy atom. The van der Waals surface area contributed by atoms with Gasteiger partial charge in [0.05, 0.1) is 11.6 Å². The van der Waals surface area contributed by atoms with E-state index in [2.05, 4.69) is 5.32 Å². The minimum Gasteiger partial charge on any atom is -0.457 e. The maximum absolute atomic E-state index is 12.1. The van der Waals surface area contributed by atoms with Gasteiger partial charge in [0.2, 0.25) is 5.91 Å². The number of amides is 1. The number of hydrogen-bond acceptors (Lipinski definition) is 4. The summed E-state index contributed by atoms with van der Waals surface area (Å²) >= 11 is 0. The van der Waals surface area contributed by atoms with Crippen LogP contribution in [0.2, 0.25) is 0 Å². The summed E-state index contributed by atoms with van der Waals surface area (Å²) in [5.41, 5.74) is 1.08. The highest BCUT2D eigenvalue weighted by Crippen LogP contribution is 2.23. The van der Waals surface area contributed by atoms with Gasteiger partial charge in [0.15, 0.2) is 0 Å². The molecule has 8 heteroatoms. The molecule has 2 rings (SSSR count). The average molecular weight is 363 g/mol. The van der Waals surface area contributed by atoms with Crippen molar-refractivity contribution in [3.05, 3.63) is 54.1 Å². The summed E-state index contributed by atoms with van der Waals surface area (Å²) in [7, 11) is 0. The van der Waals surface area contributed by atoms with E-state index in [-0.39, 0.29) is 0 Å². The van der Waals surface area contributed by atoms with Crippen LogP contribution in [0.1, 0.15) is 12.5 Å². The summed E-state index contributed by atoms with van der Waals surface area (Å²) < 4.78 is 41.9. The van der Waals surface area contributed by atoms with Gasteiger partial charge in [0.1, 0.15) is 24.1 Å². The summed E-state index contributed by atoms with van der Waals surface area (Å²) in [5.74, 6) is 0.347. The van der Waals surface area contributed by atoms with Gasteiger partial charge in [-0.1, -0.05) is 0 Å². The zero-order valence-electron chi connectivity index (χ0n) is 13.8. The topological polar surface area (TPSA) is 74.1 Å². The Labute approximate surface area is 148 Å². The molecule has 0 aromatic heterocycles. The van der Waals surface area contributed by atoms with Gasteiger partial charge < -0.3 is 15.4 Å². The van der Waals surface area contributed by atoms with Crippen LogP contribution in [-0.2, 0) is 4.79 Å². The van der Waals surface area contributed by atoms with Crippen LogP contribution in [0.15, 0.2) is 48.5 Å². The van der Waals surface area contributed by atoms with Gasteiger partial charge in [-0.2, -0.15) is 18.4 Å². The minimum absolute atomic E-state index is 0.523. The fourth-order valence-electron chi connectivity index (χ4n) is 2.01. The lowest BCUT2D eigenvalue weighted by Crippen LogP contribution is -2.42. The average Bonchev–Trinajstić information content (AvgIpc) is 2.61. The zero-order valence-corrected chi connectivity index (χ0v) is 13.8. The molecular weight excluding hydrogens is 347 g/mol. The van der Waals surface area contributed by atoms with Gasteiger partial charge in [-0.25, -0.2) is 0 Å². The highest BCUT2D eigenvalue weighted by atomic mass is 19.4. The minimum atomic E-state index is -4.44. The molecule has 2 N–H and O–H groups in total. The monoisotopic (exact) mass is 363 g/mol.